The zero-order valence-electron chi connectivity index (χ0n) is 12.5. The van der Waals surface area contributed by atoms with Crippen LogP contribution in [0.15, 0.2) is 28.7 Å². The molecule has 0 bridgehead atoms. The molecule has 0 radical (unpaired) electrons. The summed E-state index contributed by atoms with van der Waals surface area (Å²) >= 11 is 5.87. The number of carbonyl (C=O) groups is 2. The van der Waals surface area contributed by atoms with Gasteiger partial charge in [-0.3, -0.25) is 4.79 Å². The van der Waals surface area contributed by atoms with Crippen molar-refractivity contribution in [2.75, 3.05) is 11.9 Å². The molecule has 0 fully saturated rings. The highest BCUT2D eigenvalue weighted by atomic mass is 35.5. The van der Waals surface area contributed by atoms with Crippen LogP contribution in [0.1, 0.15) is 27.4 Å². The number of nitriles is 1. The summed E-state index contributed by atoms with van der Waals surface area (Å²) in [4.78, 5) is 23.6. The summed E-state index contributed by atoms with van der Waals surface area (Å²) in [5.41, 5.74) is 1.00. The Kier molecular flexibility index (Phi) is 5.04. The van der Waals surface area contributed by atoms with Crippen molar-refractivity contribution < 1.29 is 18.7 Å². The number of ether oxygens (including phenoxy) is 1. The lowest BCUT2D eigenvalue weighted by Gasteiger charge is -2.07. The first-order valence-electron chi connectivity index (χ1n) is 6.64. The fraction of sp³-hybridized carbons (Fsp3) is 0.188. The van der Waals surface area contributed by atoms with Crippen LogP contribution in [0.2, 0.25) is 5.02 Å². The molecule has 7 heteroatoms. The minimum Gasteiger partial charge on any atom is -0.466 e. The number of hydrogen-bond acceptors (Lipinski definition) is 5. The average Bonchev–Trinajstić information content (AvgIpc) is 2.84. The zero-order valence-corrected chi connectivity index (χ0v) is 13.2. The Morgan fingerprint density at radius 3 is 2.65 bits per heavy atom. The van der Waals surface area contributed by atoms with E-state index in [2.05, 4.69) is 5.32 Å². The maximum absolute atomic E-state index is 11.9. The summed E-state index contributed by atoms with van der Waals surface area (Å²) < 4.78 is 10.2. The fourth-order valence-corrected chi connectivity index (χ4v) is 2.15. The van der Waals surface area contributed by atoms with Gasteiger partial charge in [-0.2, -0.15) is 5.26 Å². The number of esters is 1. The van der Waals surface area contributed by atoms with E-state index < -0.39 is 18.5 Å². The lowest BCUT2D eigenvalue weighted by molar-refractivity contribution is -0.119. The molecule has 0 aliphatic rings. The van der Waals surface area contributed by atoms with E-state index in [0.717, 1.165) is 0 Å². The first-order valence-corrected chi connectivity index (χ1v) is 7.02. The predicted octanol–water partition coefficient (Wildman–Crippen LogP) is 3.22. The van der Waals surface area contributed by atoms with Crippen LogP contribution in [-0.4, -0.2) is 18.5 Å². The molecule has 1 amide bonds. The summed E-state index contributed by atoms with van der Waals surface area (Å²) in [6.07, 6.45) is 0. The second-order valence-corrected chi connectivity index (χ2v) is 5.16. The van der Waals surface area contributed by atoms with Crippen molar-refractivity contribution in [2.45, 2.75) is 13.8 Å². The lowest BCUT2D eigenvalue weighted by atomic mass is 10.2. The Morgan fingerprint density at radius 2 is 2.09 bits per heavy atom. The molecule has 1 heterocycles. The van der Waals surface area contributed by atoms with Gasteiger partial charge in [-0.15, -0.1) is 0 Å². The average molecular weight is 333 g/mol. The number of amides is 1. The van der Waals surface area contributed by atoms with Crippen molar-refractivity contribution in [3.8, 4) is 6.07 Å². The molecule has 0 saturated heterocycles. The SMILES string of the molecule is Cc1cc(C(=O)OCC(=O)Nc2ccc(C#N)c(Cl)c2)c(C)o1. The number of rotatable bonds is 4. The molecule has 0 atom stereocenters. The maximum atomic E-state index is 11.9. The topological polar surface area (TPSA) is 92.3 Å². The number of halogens is 1. The standard InChI is InChI=1S/C16H13ClN2O4/c1-9-5-13(10(2)23-9)16(21)22-8-15(20)19-12-4-3-11(7-18)14(17)6-12/h3-6H,8H2,1-2H3,(H,19,20). The van der Waals surface area contributed by atoms with Crippen LogP contribution in [0.4, 0.5) is 5.69 Å². The van der Waals surface area contributed by atoms with E-state index in [4.69, 9.17) is 26.0 Å². The van der Waals surface area contributed by atoms with Crippen LogP contribution >= 0.6 is 11.6 Å². The van der Waals surface area contributed by atoms with Crippen LogP contribution in [0.3, 0.4) is 0 Å². The molecule has 118 valence electrons. The number of aryl methyl sites for hydroxylation is 2. The van der Waals surface area contributed by atoms with Gasteiger partial charge in [0, 0.05) is 5.69 Å². The highest BCUT2D eigenvalue weighted by Crippen LogP contribution is 2.20. The minimum atomic E-state index is -0.632. The van der Waals surface area contributed by atoms with E-state index in [1.54, 1.807) is 19.9 Å². The van der Waals surface area contributed by atoms with Crippen molar-refractivity contribution in [1.29, 1.82) is 5.26 Å². The number of hydrogen-bond donors (Lipinski definition) is 1. The molecule has 1 N–H and O–H groups in total. The predicted molar refractivity (Wildman–Crippen MR) is 83.3 cm³/mol. The van der Waals surface area contributed by atoms with Gasteiger partial charge in [0.25, 0.3) is 5.91 Å². The molecular formula is C16H13ClN2O4. The third kappa shape index (κ3) is 4.11. The highest BCUT2D eigenvalue weighted by Gasteiger charge is 2.16. The van der Waals surface area contributed by atoms with E-state index in [1.807, 2.05) is 6.07 Å². The Bertz CT molecular complexity index is 805. The second kappa shape index (κ2) is 6.99. The first-order chi connectivity index (χ1) is 10.9. The summed E-state index contributed by atoms with van der Waals surface area (Å²) in [7, 11) is 0. The summed E-state index contributed by atoms with van der Waals surface area (Å²) in [6.45, 7) is 2.91. The van der Waals surface area contributed by atoms with Crippen molar-refractivity contribution in [3.63, 3.8) is 0 Å². The molecule has 1 aromatic carbocycles. The summed E-state index contributed by atoms with van der Waals surface area (Å²) in [6, 6.07) is 7.94. The van der Waals surface area contributed by atoms with Gasteiger partial charge in [-0.05, 0) is 38.1 Å². The van der Waals surface area contributed by atoms with Gasteiger partial charge in [-0.25, -0.2) is 4.79 Å². The Labute approximate surface area is 137 Å². The van der Waals surface area contributed by atoms with E-state index in [9.17, 15) is 9.59 Å². The van der Waals surface area contributed by atoms with E-state index >= 15 is 0 Å². The fourth-order valence-electron chi connectivity index (χ4n) is 1.92. The van der Waals surface area contributed by atoms with E-state index in [0.29, 0.717) is 22.8 Å². The van der Waals surface area contributed by atoms with Gasteiger partial charge in [0.15, 0.2) is 6.61 Å². The number of benzene rings is 1. The zero-order chi connectivity index (χ0) is 17.0. The Balaban J connectivity index is 1.93. The number of carbonyl (C=O) groups excluding carboxylic acids is 2. The van der Waals surface area contributed by atoms with Crippen molar-refractivity contribution in [2.24, 2.45) is 0 Å². The summed E-state index contributed by atoms with van der Waals surface area (Å²) in [5, 5.41) is 11.5. The highest BCUT2D eigenvalue weighted by molar-refractivity contribution is 6.32. The van der Waals surface area contributed by atoms with Crippen LogP contribution in [-0.2, 0) is 9.53 Å². The largest absolute Gasteiger partial charge is 0.466 e. The molecule has 0 aliphatic carbocycles. The van der Waals surface area contributed by atoms with E-state index in [-0.39, 0.29) is 10.6 Å². The smallest absolute Gasteiger partial charge is 0.342 e. The minimum absolute atomic E-state index is 0.229. The third-order valence-electron chi connectivity index (χ3n) is 2.97. The van der Waals surface area contributed by atoms with Crippen molar-refractivity contribution >= 4 is 29.2 Å². The van der Waals surface area contributed by atoms with Crippen molar-refractivity contribution in [3.05, 3.63) is 51.9 Å². The van der Waals surface area contributed by atoms with Gasteiger partial charge in [0.1, 0.15) is 23.2 Å². The lowest BCUT2D eigenvalue weighted by Crippen LogP contribution is -2.21. The molecule has 2 rings (SSSR count). The number of nitrogens with one attached hydrogen (secondary N) is 1. The molecule has 2 aromatic rings. The van der Waals surface area contributed by atoms with Crippen molar-refractivity contribution in [1.82, 2.24) is 0 Å². The molecule has 23 heavy (non-hydrogen) atoms. The first kappa shape index (κ1) is 16.6. The van der Waals surface area contributed by atoms with E-state index in [1.165, 1.54) is 18.2 Å². The summed E-state index contributed by atoms with van der Waals surface area (Å²) in [5.74, 6) is -0.123. The van der Waals surface area contributed by atoms with Crippen LogP contribution in [0.5, 0.6) is 0 Å². The molecular weight excluding hydrogens is 320 g/mol. The molecule has 0 unspecified atom stereocenters. The molecule has 0 aliphatic heterocycles. The van der Waals surface area contributed by atoms with Gasteiger partial charge in [0.2, 0.25) is 0 Å². The molecule has 0 saturated carbocycles. The normalized spacial score (nSPS) is 10.0. The second-order valence-electron chi connectivity index (χ2n) is 4.76. The number of anilines is 1. The van der Waals surface area contributed by atoms with Gasteiger partial charge >= 0.3 is 5.97 Å². The molecule has 6 nitrogen and oxygen atoms in total. The quantitative estimate of drug-likeness (QED) is 0.868. The number of furan rings is 1. The monoisotopic (exact) mass is 332 g/mol. The molecule has 0 spiro atoms. The van der Waals surface area contributed by atoms with Gasteiger partial charge in [0.05, 0.1) is 10.6 Å². The maximum Gasteiger partial charge on any atom is 0.342 e. The Morgan fingerprint density at radius 1 is 1.35 bits per heavy atom. The third-order valence-corrected chi connectivity index (χ3v) is 3.28. The van der Waals surface area contributed by atoms with Gasteiger partial charge in [-0.1, -0.05) is 11.6 Å². The van der Waals surface area contributed by atoms with Crippen LogP contribution < -0.4 is 5.32 Å². The number of nitrogens with zero attached hydrogens (tertiary/aromatic N) is 1. The van der Waals surface area contributed by atoms with Crippen LogP contribution in [0, 0.1) is 25.2 Å². The molecule has 1 aromatic heterocycles. The Hall–Kier alpha value is -2.78. The van der Waals surface area contributed by atoms with Gasteiger partial charge < -0.3 is 14.5 Å². The van der Waals surface area contributed by atoms with Crippen LogP contribution in [0.25, 0.3) is 0 Å².